The van der Waals surface area contributed by atoms with Gasteiger partial charge >= 0.3 is 0 Å². The number of aromatic nitrogens is 1. The van der Waals surface area contributed by atoms with Crippen LogP contribution in [0.15, 0.2) is 34.6 Å². The van der Waals surface area contributed by atoms with E-state index in [2.05, 4.69) is 73.0 Å². The normalized spacial score (nSPS) is 19.5. The molecule has 2 N–H and O–H groups in total. The maximum Gasteiger partial charge on any atom is 0.191 e. The molecule has 178 valence electrons. The lowest BCUT2D eigenvalue weighted by atomic mass is 9.85. The molecule has 1 aliphatic rings. The Morgan fingerprint density at radius 2 is 2.03 bits per heavy atom. The van der Waals surface area contributed by atoms with E-state index in [0.717, 1.165) is 42.0 Å². The molecule has 0 saturated carbocycles. The summed E-state index contributed by atoms with van der Waals surface area (Å²) in [5, 5.41) is 10.2. The predicted octanol–water partition coefficient (Wildman–Crippen LogP) is 5.03. The van der Waals surface area contributed by atoms with Crippen LogP contribution in [0.4, 0.5) is 0 Å². The molecule has 2 unspecified atom stereocenters. The number of halogens is 1. The van der Waals surface area contributed by atoms with Gasteiger partial charge in [0.2, 0.25) is 0 Å². The number of benzene rings is 1. The summed E-state index contributed by atoms with van der Waals surface area (Å²) in [5.74, 6) is 2.74. The first-order chi connectivity index (χ1) is 15.0. The molecule has 6 nitrogen and oxygen atoms in total. The highest BCUT2D eigenvalue weighted by Crippen LogP contribution is 2.35. The Kier molecular flexibility index (Phi) is 11.2. The van der Waals surface area contributed by atoms with Gasteiger partial charge in [-0.2, -0.15) is 0 Å². The molecule has 2 heterocycles. The Labute approximate surface area is 214 Å². The van der Waals surface area contributed by atoms with Crippen molar-refractivity contribution in [3.05, 3.63) is 45.9 Å². The molecule has 0 spiro atoms. The van der Waals surface area contributed by atoms with Gasteiger partial charge in [0, 0.05) is 24.5 Å². The fourth-order valence-electron chi connectivity index (χ4n) is 4.18. The summed E-state index contributed by atoms with van der Waals surface area (Å²) in [6, 6.07) is 8.92. The Morgan fingerprint density at radius 3 is 2.66 bits per heavy atom. The minimum absolute atomic E-state index is 0. The Bertz CT molecular complexity index is 839. The molecule has 1 aliphatic heterocycles. The third-order valence-corrected chi connectivity index (χ3v) is 6.73. The average molecular weight is 572 g/mol. The third-order valence-electron chi connectivity index (χ3n) is 5.87. The highest BCUT2D eigenvalue weighted by atomic mass is 127. The molecule has 8 heteroatoms. The highest BCUT2D eigenvalue weighted by Gasteiger charge is 2.30. The maximum atomic E-state index is 5.34. The van der Waals surface area contributed by atoms with Crippen molar-refractivity contribution in [2.45, 2.75) is 52.1 Å². The maximum absolute atomic E-state index is 5.34. The van der Waals surface area contributed by atoms with E-state index in [0.29, 0.717) is 24.4 Å². The van der Waals surface area contributed by atoms with Crippen LogP contribution in [0.3, 0.4) is 0 Å². The molecule has 2 aromatic rings. The first-order valence-electron chi connectivity index (χ1n) is 11.3. The van der Waals surface area contributed by atoms with Crippen LogP contribution < -0.4 is 15.4 Å². The second kappa shape index (κ2) is 13.3. The van der Waals surface area contributed by atoms with Crippen molar-refractivity contribution in [2.24, 2.45) is 10.9 Å². The van der Waals surface area contributed by atoms with Crippen molar-refractivity contribution in [1.82, 2.24) is 20.5 Å². The molecule has 0 radical (unpaired) electrons. The summed E-state index contributed by atoms with van der Waals surface area (Å²) in [7, 11) is 3.94. The molecule has 2 atom stereocenters. The van der Waals surface area contributed by atoms with Gasteiger partial charge in [0.1, 0.15) is 10.8 Å². The van der Waals surface area contributed by atoms with Crippen LogP contribution in [-0.4, -0.2) is 49.6 Å². The van der Waals surface area contributed by atoms with Gasteiger partial charge in [-0.3, -0.25) is 4.90 Å². The minimum Gasteiger partial charge on any atom is -0.497 e. The van der Waals surface area contributed by atoms with Crippen LogP contribution in [0.5, 0.6) is 5.75 Å². The first kappa shape index (κ1) is 26.9. The molecule has 0 bridgehead atoms. The largest absolute Gasteiger partial charge is 0.497 e. The summed E-state index contributed by atoms with van der Waals surface area (Å²) in [4.78, 5) is 12.0. The topological polar surface area (TPSA) is 61.8 Å². The molecule has 1 aromatic carbocycles. The monoisotopic (exact) mass is 571 g/mol. The van der Waals surface area contributed by atoms with Crippen molar-refractivity contribution < 1.29 is 4.74 Å². The quantitative estimate of drug-likeness (QED) is 0.265. The first-order valence-corrected chi connectivity index (χ1v) is 12.2. The lowest BCUT2D eigenvalue weighted by molar-refractivity contribution is 0.122. The van der Waals surface area contributed by atoms with Crippen molar-refractivity contribution in [3.8, 4) is 5.75 Å². The number of thiazole rings is 1. The smallest absolute Gasteiger partial charge is 0.191 e. The van der Waals surface area contributed by atoms with E-state index in [1.807, 2.05) is 0 Å². The number of rotatable bonds is 8. The number of piperidine rings is 1. The van der Waals surface area contributed by atoms with E-state index in [1.54, 1.807) is 18.4 Å². The summed E-state index contributed by atoms with van der Waals surface area (Å²) >= 11 is 1.69. The fourth-order valence-corrected chi connectivity index (χ4v) is 5.06. The zero-order valence-corrected chi connectivity index (χ0v) is 23.1. The number of likely N-dealkylation sites (tertiary alicyclic amines) is 1. The number of hydrogen-bond acceptors (Lipinski definition) is 5. The standard InChI is InChI=1S/C24H37N5OS.HI/c1-6-25-24(27-15-22-28-21(16-31-22)17(2)3)26-14-19-8-7-13-29(4)23(19)18-9-11-20(30-5)12-10-18;/h9-12,16-17,19,23H,6-8,13-15H2,1-5H3,(H2,25,26,27);1H. The number of aliphatic imine (C=N–C) groups is 1. The molecule has 1 fully saturated rings. The Hall–Kier alpha value is -1.39. The molecular weight excluding hydrogens is 533 g/mol. The Morgan fingerprint density at radius 1 is 1.28 bits per heavy atom. The zero-order valence-electron chi connectivity index (χ0n) is 19.9. The van der Waals surface area contributed by atoms with E-state index >= 15 is 0 Å². The summed E-state index contributed by atoms with van der Waals surface area (Å²) in [5.41, 5.74) is 2.50. The third kappa shape index (κ3) is 7.31. The van der Waals surface area contributed by atoms with E-state index < -0.39 is 0 Å². The van der Waals surface area contributed by atoms with E-state index in [1.165, 1.54) is 18.4 Å². The van der Waals surface area contributed by atoms with Gasteiger partial charge in [-0.05, 0) is 62.9 Å². The molecule has 1 saturated heterocycles. The number of ether oxygens (including phenoxy) is 1. The predicted molar refractivity (Wildman–Crippen MR) is 146 cm³/mol. The second-order valence-electron chi connectivity index (χ2n) is 8.50. The van der Waals surface area contributed by atoms with Gasteiger partial charge in [0.05, 0.1) is 19.3 Å². The molecule has 1 aromatic heterocycles. The number of nitrogens with zero attached hydrogens (tertiary/aromatic N) is 3. The second-order valence-corrected chi connectivity index (χ2v) is 9.44. The van der Waals surface area contributed by atoms with Crippen molar-refractivity contribution in [3.63, 3.8) is 0 Å². The number of hydrogen-bond donors (Lipinski definition) is 2. The molecule has 0 amide bonds. The van der Waals surface area contributed by atoms with Crippen LogP contribution in [-0.2, 0) is 6.54 Å². The van der Waals surface area contributed by atoms with Gasteiger partial charge < -0.3 is 15.4 Å². The van der Waals surface area contributed by atoms with Crippen LogP contribution >= 0.6 is 35.3 Å². The minimum atomic E-state index is 0. The van der Waals surface area contributed by atoms with E-state index in [-0.39, 0.29) is 24.0 Å². The van der Waals surface area contributed by atoms with Crippen molar-refractivity contribution in [1.29, 1.82) is 0 Å². The Balaban J connectivity index is 0.00000363. The van der Waals surface area contributed by atoms with Gasteiger partial charge in [-0.25, -0.2) is 9.98 Å². The summed E-state index contributed by atoms with van der Waals surface area (Å²) < 4.78 is 5.34. The number of methoxy groups -OCH3 is 1. The van der Waals surface area contributed by atoms with Gasteiger partial charge in [0.25, 0.3) is 0 Å². The molecule has 3 rings (SSSR count). The van der Waals surface area contributed by atoms with Gasteiger partial charge in [0.15, 0.2) is 5.96 Å². The number of nitrogens with one attached hydrogen (secondary N) is 2. The van der Waals surface area contributed by atoms with Crippen LogP contribution in [0.1, 0.15) is 61.8 Å². The van der Waals surface area contributed by atoms with Gasteiger partial charge in [-0.15, -0.1) is 35.3 Å². The zero-order chi connectivity index (χ0) is 22.2. The fraction of sp³-hybridized carbons (Fsp3) is 0.583. The molecule has 0 aliphatic carbocycles. The van der Waals surface area contributed by atoms with Crippen LogP contribution in [0, 0.1) is 5.92 Å². The summed E-state index contributed by atoms with van der Waals surface area (Å²) in [6.07, 6.45) is 2.43. The highest BCUT2D eigenvalue weighted by molar-refractivity contribution is 14.0. The van der Waals surface area contributed by atoms with E-state index in [9.17, 15) is 0 Å². The van der Waals surface area contributed by atoms with Crippen LogP contribution in [0.25, 0.3) is 0 Å². The molecular formula is C24H38IN5OS. The van der Waals surface area contributed by atoms with Crippen molar-refractivity contribution in [2.75, 3.05) is 33.8 Å². The van der Waals surface area contributed by atoms with E-state index in [4.69, 9.17) is 14.7 Å². The van der Waals surface area contributed by atoms with Crippen molar-refractivity contribution >= 4 is 41.3 Å². The van der Waals surface area contributed by atoms with Gasteiger partial charge in [-0.1, -0.05) is 26.0 Å². The number of guanidine groups is 1. The lowest BCUT2D eigenvalue weighted by Crippen LogP contribution is -2.45. The lowest BCUT2D eigenvalue weighted by Gasteiger charge is -2.40. The SMILES string of the molecule is CCNC(=NCc1nc(C(C)C)cs1)NCC1CCCN(C)C1c1ccc(OC)cc1.I. The summed E-state index contributed by atoms with van der Waals surface area (Å²) in [6.45, 7) is 9.92. The average Bonchev–Trinajstić information content (AvgIpc) is 3.25. The van der Waals surface area contributed by atoms with Crippen LogP contribution in [0.2, 0.25) is 0 Å². The molecule has 32 heavy (non-hydrogen) atoms.